The van der Waals surface area contributed by atoms with Crippen molar-refractivity contribution < 1.29 is 33.6 Å². The summed E-state index contributed by atoms with van der Waals surface area (Å²) in [4.78, 5) is 27.8. The zero-order valence-corrected chi connectivity index (χ0v) is 22.0. The predicted octanol–water partition coefficient (Wildman–Crippen LogP) is 4.71. The number of carbonyl (C=O) groups is 2. The number of benzene rings is 2. The van der Waals surface area contributed by atoms with Gasteiger partial charge in [0, 0.05) is 23.2 Å². The summed E-state index contributed by atoms with van der Waals surface area (Å²) in [5, 5.41) is 11.2. The lowest BCUT2D eigenvalue weighted by Crippen LogP contribution is -2.31. The van der Waals surface area contributed by atoms with Crippen molar-refractivity contribution in [1.82, 2.24) is 4.90 Å². The SMILES string of the molecule is COc1cc(C2/C(=C(\O)c3ccc(Br)cc3)C(=O)C(=O)N2CCCOC(C)C)cc(OC)c1OC. The van der Waals surface area contributed by atoms with E-state index in [0.29, 0.717) is 41.4 Å². The van der Waals surface area contributed by atoms with Crippen LogP contribution in [0.4, 0.5) is 0 Å². The van der Waals surface area contributed by atoms with Gasteiger partial charge in [0.15, 0.2) is 11.5 Å². The van der Waals surface area contributed by atoms with Crippen LogP contribution < -0.4 is 14.2 Å². The van der Waals surface area contributed by atoms with E-state index in [1.807, 2.05) is 13.8 Å². The highest BCUT2D eigenvalue weighted by atomic mass is 79.9. The standard InChI is InChI=1S/C26H30BrNO7/c1-15(2)35-12-6-11-28-22(17-13-19(32-3)25(34-5)20(14-17)33-4)21(24(30)26(28)31)23(29)16-7-9-18(27)10-8-16/h7-10,13-15,22,29H,6,11-12H2,1-5H3/b23-21+. The number of amides is 1. The van der Waals surface area contributed by atoms with Crippen LogP contribution in [0.1, 0.15) is 37.4 Å². The number of aliphatic hydroxyl groups is 1. The molecule has 3 rings (SSSR count). The molecule has 2 aromatic carbocycles. The Morgan fingerprint density at radius 3 is 2.14 bits per heavy atom. The first-order valence-electron chi connectivity index (χ1n) is 11.2. The Bertz CT molecular complexity index is 1090. The number of hydrogen-bond donors (Lipinski definition) is 1. The van der Waals surface area contributed by atoms with Gasteiger partial charge in [0.1, 0.15) is 5.76 Å². The molecule has 1 fully saturated rings. The molecule has 0 bridgehead atoms. The number of ketones is 1. The highest BCUT2D eigenvalue weighted by Gasteiger charge is 2.46. The van der Waals surface area contributed by atoms with E-state index in [1.165, 1.54) is 26.2 Å². The summed E-state index contributed by atoms with van der Waals surface area (Å²) in [7, 11) is 4.47. The predicted molar refractivity (Wildman–Crippen MR) is 135 cm³/mol. The van der Waals surface area contributed by atoms with Gasteiger partial charge in [-0.25, -0.2) is 0 Å². The lowest BCUT2D eigenvalue weighted by Gasteiger charge is -2.26. The minimum absolute atomic E-state index is 0.00336. The number of carbonyl (C=O) groups excluding carboxylic acids is 2. The molecule has 8 nitrogen and oxygen atoms in total. The van der Waals surface area contributed by atoms with Gasteiger partial charge >= 0.3 is 0 Å². The summed E-state index contributed by atoms with van der Waals surface area (Å²) >= 11 is 3.37. The van der Waals surface area contributed by atoms with Gasteiger partial charge in [-0.3, -0.25) is 9.59 Å². The number of Topliss-reactive ketones (excluding diaryl/α,β-unsaturated/α-hetero) is 1. The fourth-order valence-corrected chi connectivity index (χ4v) is 4.30. The fourth-order valence-electron chi connectivity index (χ4n) is 4.03. The molecule has 1 heterocycles. The van der Waals surface area contributed by atoms with Crippen molar-refractivity contribution in [3.05, 3.63) is 57.6 Å². The van der Waals surface area contributed by atoms with E-state index in [-0.39, 0.29) is 24.0 Å². The van der Waals surface area contributed by atoms with Crippen LogP contribution in [-0.4, -0.2) is 62.3 Å². The van der Waals surface area contributed by atoms with Crippen LogP contribution in [0.15, 0.2) is 46.4 Å². The highest BCUT2D eigenvalue weighted by Crippen LogP contribution is 2.45. The molecule has 0 aliphatic carbocycles. The molecule has 0 spiro atoms. The van der Waals surface area contributed by atoms with E-state index in [4.69, 9.17) is 18.9 Å². The quantitative estimate of drug-likeness (QED) is 0.199. The number of ether oxygens (including phenoxy) is 4. The number of likely N-dealkylation sites (tertiary alicyclic amines) is 1. The van der Waals surface area contributed by atoms with Crippen LogP contribution in [0.25, 0.3) is 5.76 Å². The van der Waals surface area contributed by atoms with Gasteiger partial charge in [0.25, 0.3) is 11.7 Å². The topological polar surface area (TPSA) is 94.5 Å². The van der Waals surface area contributed by atoms with Gasteiger partial charge in [0.2, 0.25) is 5.75 Å². The molecule has 0 saturated carbocycles. The first-order valence-corrected chi connectivity index (χ1v) is 12.0. The van der Waals surface area contributed by atoms with E-state index in [2.05, 4.69) is 15.9 Å². The third-order valence-electron chi connectivity index (χ3n) is 5.65. The largest absolute Gasteiger partial charge is 0.507 e. The van der Waals surface area contributed by atoms with E-state index < -0.39 is 17.7 Å². The summed E-state index contributed by atoms with van der Waals surface area (Å²) < 4.78 is 22.8. The Hall–Kier alpha value is -3.04. The van der Waals surface area contributed by atoms with Gasteiger partial charge in [-0.1, -0.05) is 28.1 Å². The molecule has 1 unspecified atom stereocenters. The maximum Gasteiger partial charge on any atom is 0.295 e. The van der Waals surface area contributed by atoms with E-state index in [1.54, 1.807) is 36.4 Å². The minimum Gasteiger partial charge on any atom is -0.507 e. The molecule has 35 heavy (non-hydrogen) atoms. The number of rotatable bonds is 10. The lowest BCUT2D eigenvalue weighted by molar-refractivity contribution is -0.140. The van der Waals surface area contributed by atoms with Gasteiger partial charge in [-0.15, -0.1) is 0 Å². The van der Waals surface area contributed by atoms with E-state index in [0.717, 1.165) is 4.47 Å². The Balaban J connectivity index is 2.16. The average molecular weight is 548 g/mol. The molecule has 1 saturated heterocycles. The van der Waals surface area contributed by atoms with Crippen molar-refractivity contribution in [2.45, 2.75) is 32.4 Å². The molecule has 1 aliphatic rings. The van der Waals surface area contributed by atoms with Crippen molar-refractivity contribution in [2.24, 2.45) is 0 Å². The molecule has 188 valence electrons. The van der Waals surface area contributed by atoms with Crippen LogP contribution in [-0.2, 0) is 14.3 Å². The second-order valence-electron chi connectivity index (χ2n) is 8.23. The summed E-state index contributed by atoms with van der Waals surface area (Å²) in [5.74, 6) is -0.566. The summed E-state index contributed by atoms with van der Waals surface area (Å²) in [6.07, 6.45) is 0.568. The van der Waals surface area contributed by atoms with Crippen molar-refractivity contribution in [3.63, 3.8) is 0 Å². The van der Waals surface area contributed by atoms with Crippen LogP contribution in [0.5, 0.6) is 17.2 Å². The van der Waals surface area contributed by atoms with E-state index >= 15 is 0 Å². The first kappa shape index (κ1) is 26.6. The smallest absolute Gasteiger partial charge is 0.295 e. The van der Waals surface area contributed by atoms with Crippen molar-refractivity contribution in [1.29, 1.82) is 0 Å². The molecular formula is C26H30BrNO7. The Labute approximate surface area is 213 Å². The number of nitrogens with zero attached hydrogens (tertiary/aromatic N) is 1. The maximum atomic E-state index is 13.2. The van der Waals surface area contributed by atoms with Gasteiger partial charge in [-0.2, -0.15) is 0 Å². The molecule has 0 aromatic heterocycles. The van der Waals surface area contributed by atoms with E-state index in [9.17, 15) is 14.7 Å². The number of halogens is 1. The minimum atomic E-state index is -0.855. The monoisotopic (exact) mass is 547 g/mol. The Kier molecular flexibility index (Phi) is 8.80. The van der Waals surface area contributed by atoms with Crippen molar-refractivity contribution >= 4 is 33.4 Å². The molecule has 1 atom stereocenters. The third-order valence-corrected chi connectivity index (χ3v) is 6.18. The Morgan fingerprint density at radius 2 is 1.63 bits per heavy atom. The van der Waals surface area contributed by atoms with Crippen LogP contribution >= 0.6 is 15.9 Å². The second kappa shape index (κ2) is 11.6. The van der Waals surface area contributed by atoms with Gasteiger partial charge in [-0.05, 0) is 50.1 Å². The average Bonchev–Trinajstić information content (AvgIpc) is 3.10. The van der Waals surface area contributed by atoms with Crippen LogP contribution in [0.2, 0.25) is 0 Å². The molecule has 0 radical (unpaired) electrons. The lowest BCUT2D eigenvalue weighted by atomic mass is 9.94. The van der Waals surface area contributed by atoms with Gasteiger partial charge in [0.05, 0.1) is 39.0 Å². The second-order valence-corrected chi connectivity index (χ2v) is 9.15. The molecular weight excluding hydrogens is 518 g/mol. The number of aliphatic hydroxyl groups excluding tert-OH is 1. The first-order chi connectivity index (χ1) is 16.7. The van der Waals surface area contributed by atoms with Crippen LogP contribution in [0.3, 0.4) is 0 Å². The number of methoxy groups -OCH3 is 3. The maximum absolute atomic E-state index is 13.2. The fraction of sp³-hybridized carbons (Fsp3) is 0.385. The number of hydrogen-bond acceptors (Lipinski definition) is 7. The summed E-state index contributed by atoms with van der Waals surface area (Å²) in [6.45, 7) is 4.55. The zero-order valence-electron chi connectivity index (χ0n) is 20.5. The molecule has 9 heteroatoms. The Morgan fingerprint density at radius 1 is 1.03 bits per heavy atom. The summed E-state index contributed by atoms with van der Waals surface area (Å²) in [6, 6.07) is 9.37. The summed E-state index contributed by atoms with van der Waals surface area (Å²) in [5.41, 5.74) is 0.963. The van der Waals surface area contributed by atoms with Crippen molar-refractivity contribution in [3.8, 4) is 17.2 Å². The van der Waals surface area contributed by atoms with Crippen molar-refractivity contribution in [2.75, 3.05) is 34.5 Å². The molecule has 2 aromatic rings. The van der Waals surface area contributed by atoms with Crippen LogP contribution in [0, 0.1) is 0 Å². The zero-order chi connectivity index (χ0) is 25.7. The normalized spacial score (nSPS) is 17.2. The van der Waals surface area contributed by atoms with Gasteiger partial charge < -0.3 is 29.0 Å². The highest BCUT2D eigenvalue weighted by molar-refractivity contribution is 9.10. The molecule has 1 amide bonds. The third kappa shape index (κ3) is 5.62. The molecule has 1 aliphatic heterocycles. The molecule has 1 N–H and O–H groups in total.